The van der Waals surface area contributed by atoms with Crippen molar-refractivity contribution in [2.24, 2.45) is 5.92 Å². The summed E-state index contributed by atoms with van der Waals surface area (Å²) < 4.78 is 58.8. The molecule has 3 aromatic rings. The molecule has 0 radical (unpaired) electrons. The van der Waals surface area contributed by atoms with Gasteiger partial charge in [0.2, 0.25) is 5.91 Å². The molecule has 0 heterocycles. The van der Waals surface area contributed by atoms with Gasteiger partial charge in [-0.3, -0.25) is 9.10 Å². The molecule has 1 N–H and O–H groups in total. The van der Waals surface area contributed by atoms with Crippen LogP contribution in [-0.2, 0) is 14.8 Å². The Bertz CT molecular complexity index is 1350. The number of hydrogen-bond acceptors (Lipinski definition) is 6. The van der Waals surface area contributed by atoms with Crippen molar-refractivity contribution in [1.82, 2.24) is 5.32 Å². The lowest BCUT2D eigenvalue weighted by atomic mass is 9.97. The van der Waals surface area contributed by atoms with Gasteiger partial charge in [-0.25, -0.2) is 12.8 Å². The molecule has 0 aliphatic rings. The largest absolute Gasteiger partial charge is 0.497 e. The first-order valence-electron chi connectivity index (χ1n) is 12.0. The Kier molecular flexibility index (Phi) is 9.57. The third-order valence-corrected chi connectivity index (χ3v) is 7.67. The second-order valence-electron chi connectivity index (χ2n) is 9.00. The van der Waals surface area contributed by atoms with Gasteiger partial charge in [-0.1, -0.05) is 38.1 Å². The van der Waals surface area contributed by atoms with E-state index in [4.69, 9.17) is 14.2 Å². The maximum atomic E-state index is 14.9. The number of methoxy groups -OCH3 is 3. The van der Waals surface area contributed by atoms with Crippen molar-refractivity contribution in [3.8, 4) is 17.2 Å². The molecule has 1 unspecified atom stereocenters. The van der Waals surface area contributed by atoms with E-state index in [-0.39, 0.29) is 28.3 Å². The van der Waals surface area contributed by atoms with Gasteiger partial charge in [0.25, 0.3) is 10.0 Å². The predicted molar refractivity (Wildman–Crippen MR) is 144 cm³/mol. The number of ether oxygens (including phenoxy) is 3. The molecule has 0 aliphatic heterocycles. The van der Waals surface area contributed by atoms with Gasteiger partial charge >= 0.3 is 0 Å². The molecule has 0 aliphatic carbocycles. The number of halogens is 1. The van der Waals surface area contributed by atoms with E-state index in [0.29, 0.717) is 17.9 Å². The maximum Gasteiger partial charge on any atom is 0.265 e. The number of benzene rings is 3. The van der Waals surface area contributed by atoms with Crippen molar-refractivity contribution in [1.29, 1.82) is 0 Å². The summed E-state index contributed by atoms with van der Waals surface area (Å²) in [7, 11) is -0.00505. The van der Waals surface area contributed by atoms with E-state index >= 15 is 0 Å². The van der Waals surface area contributed by atoms with E-state index in [1.165, 1.54) is 50.6 Å². The topological polar surface area (TPSA) is 94.2 Å². The number of nitrogens with one attached hydrogen (secondary N) is 1. The smallest absolute Gasteiger partial charge is 0.265 e. The highest BCUT2D eigenvalue weighted by Gasteiger charge is 2.31. The molecule has 1 amide bonds. The Morgan fingerprint density at radius 1 is 0.921 bits per heavy atom. The third-order valence-electron chi connectivity index (χ3n) is 5.91. The van der Waals surface area contributed by atoms with Crippen LogP contribution in [0.5, 0.6) is 17.2 Å². The number of hydrogen-bond donors (Lipinski definition) is 1. The number of rotatable bonds is 12. The average molecular weight is 545 g/mol. The Balaban J connectivity index is 1.97. The quantitative estimate of drug-likeness (QED) is 0.347. The molecule has 0 saturated heterocycles. The van der Waals surface area contributed by atoms with Crippen molar-refractivity contribution in [2.45, 2.75) is 31.2 Å². The van der Waals surface area contributed by atoms with Gasteiger partial charge in [-0.2, -0.15) is 0 Å². The summed E-state index contributed by atoms with van der Waals surface area (Å²) >= 11 is 0. The molecule has 0 aromatic heterocycles. The summed E-state index contributed by atoms with van der Waals surface area (Å²) in [6.45, 7) is 3.41. The van der Waals surface area contributed by atoms with Gasteiger partial charge in [0.05, 0.1) is 38.0 Å². The van der Waals surface area contributed by atoms with Crippen molar-refractivity contribution in [3.05, 3.63) is 78.1 Å². The number of carbonyl (C=O) groups excluding carboxylic acids is 1. The Labute approximate surface area is 223 Å². The lowest BCUT2D eigenvalue weighted by Crippen LogP contribution is -2.42. The number of para-hydroxylation sites is 1. The molecule has 0 fully saturated rings. The van der Waals surface area contributed by atoms with Gasteiger partial charge in [0.1, 0.15) is 18.1 Å². The second-order valence-corrected chi connectivity index (χ2v) is 10.9. The van der Waals surface area contributed by atoms with Gasteiger partial charge in [-0.15, -0.1) is 0 Å². The zero-order chi connectivity index (χ0) is 27.9. The zero-order valence-electron chi connectivity index (χ0n) is 22.1. The molecule has 38 heavy (non-hydrogen) atoms. The summed E-state index contributed by atoms with van der Waals surface area (Å²) in [4.78, 5) is 13.1. The molecular formula is C28H33FN2O6S. The Morgan fingerprint density at radius 3 is 2.16 bits per heavy atom. The molecule has 1 atom stereocenters. The SMILES string of the molecule is COc1ccc(C(CC(C)C)NC(=O)CN(c2ccccc2F)S(=O)(=O)c2ccc(OC)c(OC)c2)cc1. The highest BCUT2D eigenvalue weighted by Crippen LogP contribution is 2.33. The predicted octanol–water partition coefficient (Wildman–Crippen LogP) is 4.95. The number of anilines is 1. The van der Waals surface area contributed by atoms with E-state index in [0.717, 1.165) is 15.9 Å². The normalized spacial score (nSPS) is 12.1. The van der Waals surface area contributed by atoms with E-state index < -0.39 is 28.3 Å². The fraction of sp³-hybridized carbons (Fsp3) is 0.321. The van der Waals surface area contributed by atoms with E-state index in [2.05, 4.69) is 5.32 Å². The van der Waals surface area contributed by atoms with Gasteiger partial charge in [-0.05, 0) is 54.3 Å². The standard InChI is InChI=1S/C28H33FN2O6S/c1-19(2)16-24(20-10-12-21(35-3)13-11-20)30-28(32)18-31(25-9-7-6-8-23(25)29)38(33,34)22-14-15-26(36-4)27(17-22)37-5/h6-15,17,19,24H,16,18H2,1-5H3,(H,30,32). The number of amides is 1. The molecule has 3 aromatic carbocycles. The highest BCUT2D eigenvalue weighted by molar-refractivity contribution is 7.92. The maximum absolute atomic E-state index is 14.9. The first kappa shape index (κ1) is 28.8. The average Bonchev–Trinajstić information content (AvgIpc) is 2.91. The molecular weight excluding hydrogens is 511 g/mol. The van der Waals surface area contributed by atoms with E-state index in [9.17, 15) is 17.6 Å². The van der Waals surface area contributed by atoms with Crippen LogP contribution >= 0.6 is 0 Å². The van der Waals surface area contributed by atoms with Gasteiger partial charge in [0, 0.05) is 6.07 Å². The summed E-state index contributed by atoms with van der Waals surface area (Å²) in [5.74, 6) is 0.0633. The van der Waals surface area contributed by atoms with Crippen LogP contribution < -0.4 is 23.8 Å². The van der Waals surface area contributed by atoms with Crippen molar-refractivity contribution < 1.29 is 31.8 Å². The summed E-state index contributed by atoms with van der Waals surface area (Å²) in [6.07, 6.45) is 0.611. The number of carbonyl (C=O) groups is 1. The van der Waals surface area contributed by atoms with Crippen LogP contribution in [0.4, 0.5) is 10.1 Å². The lowest BCUT2D eigenvalue weighted by Gasteiger charge is -2.27. The van der Waals surface area contributed by atoms with Gasteiger partial charge in [0.15, 0.2) is 11.5 Å². The van der Waals surface area contributed by atoms with Crippen molar-refractivity contribution >= 4 is 21.6 Å². The highest BCUT2D eigenvalue weighted by atomic mass is 32.2. The van der Waals surface area contributed by atoms with Crippen LogP contribution in [0.3, 0.4) is 0 Å². The van der Waals surface area contributed by atoms with Crippen molar-refractivity contribution in [2.75, 3.05) is 32.2 Å². The second kappa shape index (κ2) is 12.6. The lowest BCUT2D eigenvalue weighted by molar-refractivity contribution is -0.120. The summed E-state index contributed by atoms with van der Waals surface area (Å²) in [5.41, 5.74) is 0.593. The molecule has 0 spiro atoms. The number of nitrogens with zero attached hydrogens (tertiary/aromatic N) is 1. The van der Waals surface area contributed by atoms with Crippen LogP contribution in [0.1, 0.15) is 31.9 Å². The molecule has 3 rings (SSSR count). The van der Waals surface area contributed by atoms with Crippen LogP contribution in [-0.4, -0.2) is 42.2 Å². The zero-order valence-corrected chi connectivity index (χ0v) is 22.9. The Hall–Kier alpha value is -3.79. The fourth-order valence-electron chi connectivity index (χ4n) is 4.01. The number of sulfonamides is 1. The van der Waals surface area contributed by atoms with E-state index in [1.54, 1.807) is 19.2 Å². The minimum absolute atomic E-state index is 0.180. The minimum Gasteiger partial charge on any atom is -0.497 e. The molecule has 8 nitrogen and oxygen atoms in total. The summed E-state index contributed by atoms with van der Waals surface area (Å²) in [6, 6.07) is 16.3. The monoisotopic (exact) mass is 544 g/mol. The van der Waals surface area contributed by atoms with E-state index in [1.807, 2.05) is 26.0 Å². The van der Waals surface area contributed by atoms with Crippen LogP contribution in [0, 0.1) is 11.7 Å². The van der Waals surface area contributed by atoms with Crippen LogP contribution in [0.2, 0.25) is 0 Å². The first-order chi connectivity index (χ1) is 18.1. The minimum atomic E-state index is -4.38. The molecule has 0 bridgehead atoms. The van der Waals surface area contributed by atoms with Gasteiger partial charge < -0.3 is 19.5 Å². The van der Waals surface area contributed by atoms with Crippen LogP contribution in [0.15, 0.2) is 71.6 Å². The van der Waals surface area contributed by atoms with Crippen LogP contribution in [0.25, 0.3) is 0 Å². The molecule has 204 valence electrons. The third kappa shape index (κ3) is 6.74. The first-order valence-corrected chi connectivity index (χ1v) is 13.5. The fourth-order valence-corrected chi connectivity index (χ4v) is 5.46. The molecule has 0 saturated carbocycles. The van der Waals surface area contributed by atoms with Crippen molar-refractivity contribution in [3.63, 3.8) is 0 Å². The summed E-state index contributed by atoms with van der Waals surface area (Å²) in [5, 5.41) is 2.93. The Morgan fingerprint density at radius 2 is 1.58 bits per heavy atom. The molecule has 10 heteroatoms.